The molecule has 0 unspecified atom stereocenters. The summed E-state index contributed by atoms with van der Waals surface area (Å²) in [6.07, 6.45) is 0. The Balaban J connectivity index is 0.00000106. The highest BCUT2D eigenvalue weighted by Gasteiger charge is 2.11. The van der Waals surface area contributed by atoms with Gasteiger partial charge in [-0.1, -0.05) is 13.8 Å². The van der Waals surface area contributed by atoms with E-state index in [0.29, 0.717) is 5.56 Å². The number of hydroxylamine groups is 1. The summed E-state index contributed by atoms with van der Waals surface area (Å²) in [5.41, 5.74) is 2.89. The van der Waals surface area contributed by atoms with E-state index in [0.717, 1.165) is 9.75 Å². The van der Waals surface area contributed by atoms with Crippen LogP contribution in [0.1, 0.15) is 34.0 Å². The van der Waals surface area contributed by atoms with Gasteiger partial charge in [-0.15, -0.1) is 11.3 Å². The maximum atomic E-state index is 11.4. The summed E-state index contributed by atoms with van der Waals surface area (Å²) in [6.45, 7) is 7.83. The standard InChI is InChI=1S/C9H13NO3S.C2H6/c1-6-5-8(7(2)14-6)9(12)10-13-4-3-11;1-2/h5,11H,3-4H2,1-2H3,(H,10,12);1-2H3. The van der Waals surface area contributed by atoms with Crippen molar-refractivity contribution in [3.8, 4) is 0 Å². The average Bonchev–Trinajstić information content (AvgIpc) is 2.61. The van der Waals surface area contributed by atoms with Crippen molar-refractivity contribution in [2.45, 2.75) is 27.7 Å². The number of aliphatic hydroxyl groups is 1. The highest BCUT2D eigenvalue weighted by Crippen LogP contribution is 2.20. The van der Waals surface area contributed by atoms with E-state index in [1.165, 1.54) is 0 Å². The molecular weight excluding hydrogens is 226 g/mol. The van der Waals surface area contributed by atoms with Crippen molar-refractivity contribution < 1.29 is 14.7 Å². The third-order valence-corrected chi connectivity index (χ3v) is 2.61. The van der Waals surface area contributed by atoms with Crippen LogP contribution < -0.4 is 5.48 Å². The lowest BCUT2D eigenvalue weighted by Crippen LogP contribution is -2.25. The molecule has 0 spiro atoms. The number of rotatable bonds is 4. The van der Waals surface area contributed by atoms with Gasteiger partial charge < -0.3 is 5.11 Å². The average molecular weight is 245 g/mol. The molecule has 5 heteroatoms. The second-order valence-electron chi connectivity index (χ2n) is 2.83. The molecule has 0 aliphatic heterocycles. The summed E-state index contributed by atoms with van der Waals surface area (Å²) in [5.74, 6) is -0.264. The predicted octanol–water partition coefficient (Wildman–Crippen LogP) is 2.04. The van der Waals surface area contributed by atoms with Gasteiger partial charge in [0.2, 0.25) is 0 Å². The fourth-order valence-electron chi connectivity index (χ4n) is 1.07. The molecule has 0 saturated heterocycles. The molecule has 2 N–H and O–H groups in total. The second-order valence-corrected chi connectivity index (χ2v) is 4.29. The van der Waals surface area contributed by atoms with Crippen LogP contribution in [0.4, 0.5) is 0 Å². The van der Waals surface area contributed by atoms with Crippen LogP contribution >= 0.6 is 11.3 Å². The summed E-state index contributed by atoms with van der Waals surface area (Å²) < 4.78 is 0. The molecule has 1 aromatic heterocycles. The van der Waals surface area contributed by atoms with E-state index >= 15 is 0 Å². The Morgan fingerprint density at radius 1 is 1.50 bits per heavy atom. The number of hydrogen-bond donors (Lipinski definition) is 2. The van der Waals surface area contributed by atoms with E-state index in [-0.39, 0.29) is 19.1 Å². The largest absolute Gasteiger partial charge is 0.394 e. The summed E-state index contributed by atoms with van der Waals surface area (Å²) in [6, 6.07) is 1.82. The Kier molecular flexibility index (Phi) is 7.80. The van der Waals surface area contributed by atoms with Gasteiger partial charge in [-0.2, -0.15) is 0 Å². The van der Waals surface area contributed by atoms with Gasteiger partial charge in [-0.3, -0.25) is 9.63 Å². The van der Waals surface area contributed by atoms with Crippen LogP contribution in [0.5, 0.6) is 0 Å². The van der Waals surface area contributed by atoms with E-state index < -0.39 is 0 Å². The first-order valence-corrected chi connectivity index (χ1v) is 6.07. The van der Waals surface area contributed by atoms with Crippen molar-refractivity contribution >= 4 is 17.2 Å². The normalized spacial score (nSPS) is 9.31. The van der Waals surface area contributed by atoms with Crippen molar-refractivity contribution in [3.05, 3.63) is 21.4 Å². The number of aryl methyl sites for hydroxylation is 2. The highest BCUT2D eigenvalue weighted by atomic mass is 32.1. The van der Waals surface area contributed by atoms with Gasteiger partial charge in [0, 0.05) is 9.75 Å². The molecule has 1 heterocycles. The Morgan fingerprint density at radius 2 is 2.12 bits per heavy atom. The number of thiophene rings is 1. The molecular formula is C11H19NO3S. The first-order valence-electron chi connectivity index (χ1n) is 5.25. The Labute approximate surface area is 100 Å². The zero-order chi connectivity index (χ0) is 12.6. The lowest BCUT2D eigenvalue weighted by molar-refractivity contribution is 0.0168. The van der Waals surface area contributed by atoms with Gasteiger partial charge in [0.15, 0.2) is 0 Å². The van der Waals surface area contributed by atoms with E-state index in [1.807, 2.05) is 33.8 Å². The lowest BCUT2D eigenvalue weighted by Gasteiger charge is -2.03. The first-order chi connectivity index (χ1) is 7.65. The maximum absolute atomic E-state index is 11.4. The van der Waals surface area contributed by atoms with Crippen LogP contribution in [-0.2, 0) is 4.84 Å². The number of carbonyl (C=O) groups excluding carboxylic acids is 1. The molecule has 16 heavy (non-hydrogen) atoms. The second kappa shape index (κ2) is 8.27. The van der Waals surface area contributed by atoms with Gasteiger partial charge in [-0.25, -0.2) is 5.48 Å². The van der Waals surface area contributed by atoms with E-state index in [9.17, 15) is 4.79 Å². The molecule has 0 atom stereocenters. The van der Waals surface area contributed by atoms with Gasteiger partial charge in [-0.05, 0) is 19.9 Å². The quantitative estimate of drug-likeness (QED) is 0.630. The molecule has 0 aromatic carbocycles. The zero-order valence-corrected chi connectivity index (χ0v) is 11.0. The Hall–Kier alpha value is -0.910. The number of hydrogen-bond acceptors (Lipinski definition) is 4. The molecule has 0 fully saturated rings. The summed E-state index contributed by atoms with van der Waals surface area (Å²) >= 11 is 1.57. The van der Waals surface area contributed by atoms with Crippen LogP contribution in [0, 0.1) is 13.8 Å². The highest BCUT2D eigenvalue weighted by molar-refractivity contribution is 7.12. The van der Waals surface area contributed by atoms with Crippen molar-refractivity contribution in [1.82, 2.24) is 5.48 Å². The van der Waals surface area contributed by atoms with Crippen LogP contribution in [0.15, 0.2) is 6.07 Å². The van der Waals surface area contributed by atoms with Gasteiger partial charge >= 0.3 is 0 Å². The van der Waals surface area contributed by atoms with Gasteiger partial charge in [0.05, 0.1) is 18.8 Å². The van der Waals surface area contributed by atoms with Crippen LogP contribution in [0.3, 0.4) is 0 Å². The van der Waals surface area contributed by atoms with E-state index in [2.05, 4.69) is 5.48 Å². The monoisotopic (exact) mass is 245 g/mol. The fraction of sp³-hybridized carbons (Fsp3) is 0.545. The smallest absolute Gasteiger partial charge is 0.275 e. The number of amides is 1. The van der Waals surface area contributed by atoms with Crippen molar-refractivity contribution in [2.24, 2.45) is 0 Å². The van der Waals surface area contributed by atoms with Crippen molar-refractivity contribution in [3.63, 3.8) is 0 Å². The predicted molar refractivity (Wildman–Crippen MR) is 65.6 cm³/mol. The zero-order valence-electron chi connectivity index (χ0n) is 10.2. The molecule has 1 amide bonds. The molecule has 1 rings (SSSR count). The molecule has 0 radical (unpaired) electrons. The Morgan fingerprint density at radius 3 is 2.56 bits per heavy atom. The Bertz CT molecular complexity index is 323. The number of carbonyl (C=O) groups is 1. The van der Waals surface area contributed by atoms with E-state index in [4.69, 9.17) is 9.94 Å². The van der Waals surface area contributed by atoms with Crippen LogP contribution in [0.25, 0.3) is 0 Å². The minimum Gasteiger partial charge on any atom is -0.394 e. The molecule has 0 saturated carbocycles. The summed E-state index contributed by atoms with van der Waals surface area (Å²) in [5, 5.41) is 8.43. The first kappa shape index (κ1) is 15.1. The van der Waals surface area contributed by atoms with Crippen LogP contribution in [-0.4, -0.2) is 24.2 Å². The summed E-state index contributed by atoms with van der Waals surface area (Å²) in [4.78, 5) is 18.2. The van der Waals surface area contributed by atoms with Crippen LogP contribution in [0.2, 0.25) is 0 Å². The molecule has 0 aliphatic carbocycles. The van der Waals surface area contributed by atoms with Gasteiger partial charge in [0.1, 0.15) is 0 Å². The molecule has 0 aliphatic rings. The molecule has 0 bridgehead atoms. The number of nitrogens with one attached hydrogen (secondary N) is 1. The minimum absolute atomic E-state index is 0.105. The van der Waals surface area contributed by atoms with E-state index in [1.54, 1.807) is 11.3 Å². The van der Waals surface area contributed by atoms with Gasteiger partial charge in [0.25, 0.3) is 5.91 Å². The van der Waals surface area contributed by atoms with Crippen molar-refractivity contribution in [1.29, 1.82) is 0 Å². The lowest BCUT2D eigenvalue weighted by atomic mass is 10.2. The third kappa shape index (κ3) is 4.74. The minimum atomic E-state index is -0.264. The summed E-state index contributed by atoms with van der Waals surface area (Å²) in [7, 11) is 0. The third-order valence-electron chi connectivity index (χ3n) is 1.64. The fourth-order valence-corrected chi connectivity index (χ4v) is 1.99. The maximum Gasteiger partial charge on any atom is 0.275 e. The molecule has 4 nitrogen and oxygen atoms in total. The molecule has 1 aromatic rings. The molecule has 92 valence electrons. The number of aliphatic hydroxyl groups excluding tert-OH is 1. The topological polar surface area (TPSA) is 58.6 Å². The SMILES string of the molecule is CC.Cc1cc(C(=O)NOCCO)c(C)s1. The van der Waals surface area contributed by atoms with Crippen molar-refractivity contribution in [2.75, 3.05) is 13.2 Å².